The van der Waals surface area contributed by atoms with Crippen LogP contribution < -0.4 is 42.4 Å². The first-order chi connectivity index (χ1) is 8.70. The minimum Gasteiger partial charge on any atom is -1.00 e. The fraction of sp³-hybridized carbons (Fsp3) is 0.412. The van der Waals surface area contributed by atoms with Crippen LogP contribution in [0.1, 0.15) is 51.5 Å². The van der Waals surface area contributed by atoms with Gasteiger partial charge in [0.1, 0.15) is 0 Å². The maximum Gasteiger partial charge on any atom is 4.00 e. The summed E-state index contributed by atoms with van der Waals surface area (Å²) >= 11 is 0. The number of hydrogen-bond acceptors (Lipinski definition) is 0. The molecular formula is C17H21Cl3SiTi. The van der Waals surface area contributed by atoms with Crippen LogP contribution in [0.25, 0.3) is 0 Å². The Bertz CT molecular complexity index is 485. The van der Waals surface area contributed by atoms with Crippen LogP contribution >= 0.6 is 0 Å². The van der Waals surface area contributed by atoms with Crippen molar-refractivity contribution < 1.29 is 58.9 Å². The van der Waals surface area contributed by atoms with E-state index in [9.17, 15) is 0 Å². The second-order valence-corrected chi connectivity index (χ2v) is 6.50. The van der Waals surface area contributed by atoms with E-state index in [1.165, 1.54) is 34.4 Å². The predicted molar refractivity (Wildman–Crippen MR) is 80.3 cm³/mol. The second-order valence-electron chi connectivity index (χ2n) is 5.13. The van der Waals surface area contributed by atoms with Crippen molar-refractivity contribution in [3.63, 3.8) is 0 Å². The van der Waals surface area contributed by atoms with Crippen LogP contribution in [0, 0.1) is 6.08 Å². The van der Waals surface area contributed by atoms with E-state index in [-0.39, 0.29) is 58.9 Å². The third-order valence-corrected chi connectivity index (χ3v) is 4.65. The van der Waals surface area contributed by atoms with E-state index in [0.29, 0.717) is 5.92 Å². The van der Waals surface area contributed by atoms with Crippen molar-refractivity contribution in [3.05, 3.63) is 52.8 Å². The molecule has 0 bridgehead atoms. The van der Waals surface area contributed by atoms with E-state index in [4.69, 9.17) is 0 Å². The summed E-state index contributed by atoms with van der Waals surface area (Å²) in [5.41, 5.74) is 2.91. The summed E-state index contributed by atoms with van der Waals surface area (Å²) in [5, 5.41) is 2.99. The fourth-order valence-electron chi connectivity index (χ4n) is 2.23. The Morgan fingerprint density at radius 3 is 2.45 bits per heavy atom. The molecule has 1 aliphatic carbocycles. The Balaban J connectivity index is -0.000000902. The third kappa shape index (κ3) is 7.86. The second kappa shape index (κ2) is 13.9. The summed E-state index contributed by atoms with van der Waals surface area (Å²) in [6, 6.07) is 9.05. The summed E-state index contributed by atoms with van der Waals surface area (Å²) in [6.45, 7) is 6.76. The Hall–Kier alpha value is 0.501. The average Bonchev–Trinajstić information content (AvgIpc) is 2.77. The van der Waals surface area contributed by atoms with Crippen LogP contribution in [0.2, 0.25) is 0 Å². The van der Waals surface area contributed by atoms with Crippen LogP contribution in [0.5, 0.6) is 0 Å². The molecule has 0 spiro atoms. The van der Waals surface area contributed by atoms with Gasteiger partial charge in [-0.2, -0.15) is 6.08 Å². The molecule has 0 saturated heterocycles. The van der Waals surface area contributed by atoms with Crippen LogP contribution in [-0.2, 0) is 21.7 Å². The largest absolute Gasteiger partial charge is 4.00 e. The van der Waals surface area contributed by atoms with Crippen LogP contribution in [-0.4, -0.2) is 9.52 Å². The minimum atomic E-state index is 0. The number of rotatable bonds is 5. The van der Waals surface area contributed by atoms with Gasteiger partial charge >= 0.3 is 21.7 Å². The number of benzene rings is 1. The quantitative estimate of drug-likeness (QED) is 0.339. The summed E-state index contributed by atoms with van der Waals surface area (Å²) in [5.74, 6) is 0.615. The van der Waals surface area contributed by atoms with Crippen LogP contribution in [0.3, 0.4) is 0 Å². The molecule has 0 fully saturated rings. The Morgan fingerprint density at radius 2 is 1.86 bits per heavy atom. The Kier molecular flexibility index (Phi) is 17.3. The molecule has 22 heavy (non-hydrogen) atoms. The van der Waals surface area contributed by atoms with E-state index >= 15 is 0 Å². The summed E-state index contributed by atoms with van der Waals surface area (Å²) in [4.78, 5) is 0. The molecule has 0 aromatic heterocycles. The van der Waals surface area contributed by atoms with Crippen molar-refractivity contribution in [2.45, 2.75) is 46.0 Å². The molecular weight excluding hydrogens is 386 g/mol. The summed E-state index contributed by atoms with van der Waals surface area (Å²) in [7, 11) is 0.799. The minimum absolute atomic E-state index is 0. The molecule has 0 unspecified atom stereocenters. The van der Waals surface area contributed by atoms with Crippen LogP contribution in [0.4, 0.5) is 0 Å². The molecule has 1 aliphatic rings. The van der Waals surface area contributed by atoms with E-state index in [1.807, 2.05) is 0 Å². The summed E-state index contributed by atoms with van der Waals surface area (Å²) in [6.07, 6.45) is 9.27. The molecule has 0 amide bonds. The number of allylic oxidation sites excluding steroid dienone is 4. The molecule has 0 atom stereocenters. The Labute approximate surface area is 171 Å². The van der Waals surface area contributed by atoms with Gasteiger partial charge in [-0.05, 0) is 11.5 Å². The molecule has 0 heterocycles. The first kappa shape index (κ1) is 27.4. The smallest absolute Gasteiger partial charge is 1.00 e. The molecule has 118 valence electrons. The van der Waals surface area contributed by atoms with Gasteiger partial charge in [-0.15, -0.1) is 6.42 Å². The standard InChI is InChI=1S/C17H21Si.3ClH.Ti/c1-4-7-14-8-6-11-17(14)18-16-10-5-9-15(12-16)13(2)3;;;;/h5,9-13H,4,6-7H2,1-3H3;3*1H;/q-1;;;;+4/p-3. The molecule has 0 saturated carbocycles. The first-order valence-electron chi connectivity index (χ1n) is 6.88. The SMILES string of the molecule is CCCC1=[C-]CC=C1[Si]c1cccc(C(C)C)c1.[Cl-].[Cl-].[Cl-].[Ti+4]. The zero-order chi connectivity index (χ0) is 13.0. The topological polar surface area (TPSA) is 0 Å². The molecule has 0 N–H and O–H groups in total. The van der Waals surface area contributed by atoms with Crippen LogP contribution in [0.15, 0.2) is 41.1 Å². The average molecular weight is 408 g/mol. The maximum absolute atomic E-state index is 3.50. The van der Waals surface area contributed by atoms with E-state index in [1.54, 1.807) is 0 Å². The van der Waals surface area contributed by atoms with Gasteiger partial charge in [0.05, 0.1) is 0 Å². The molecule has 1 aromatic rings. The van der Waals surface area contributed by atoms with E-state index in [0.717, 1.165) is 15.9 Å². The zero-order valence-electron chi connectivity index (χ0n) is 13.2. The van der Waals surface area contributed by atoms with Gasteiger partial charge in [0.25, 0.3) is 0 Å². The maximum atomic E-state index is 3.50. The molecule has 2 radical (unpaired) electrons. The van der Waals surface area contributed by atoms with E-state index in [2.05, 4.69) is 57.2 Å². The van der Waals surface area contributed by atoms with Gasteiger partial charge in [-0.3, -0.25) is 6.08 Å². The van der Waals surface area contributed by atoms with Gasteiger partial charge in [-0.1, -0.05) is 63.1 Å². The summed E-state index contributed by atoms with van der Waals surface area (Å²) < 4.78 is 0. The third-order valence-electron chi connectivity index (χ3n) is 3.28. The molecule has 2 rings (SSSR count). The van der Waals surface area contributed by atoms with Crippen molar-refractivity contribution in [2.24, 2.45) is 0 Å². The molecule has 0 nitrogen and oxygen atoms in total. The van der Waals surface area contributed by atoms with Crippen molar-refractivity contribution in [3.8, 4) is 0 Å². The van der Waals surface area contributed by atoms with Crippen molar-refractivity contribution in [2.75, 3.05) is 0 Å². The van der Waals surface area contributed by atoms with Crippen molar-refractivity contribution in [1.29, 1.82) is 0 Å². The Morgan fingerprint density at radius 1 is 1.18 bits per heavy atom. The van der Waals surface area contributed by atoms with Gasteiger partial charge < -0.3 is 37.2 Å². The van der Waals surface area contributed by atoms with Gasteiger partial charge in [-0.25, -0.2) is 10.8 Å². The van der Waals surface area contributed by atoms with Gasteiger partial charge in [0.2, 0.25) is 0 Å². The van der Waals surface area contributed by atoms with Crippen molar-refractivity contribution in [1.82, 2.24) is 0 Å². The predicted octanol–water partition coefficient (Wildman–Crippen LogP) is -5.03. The monoisotopic (exact) mass is 406 g/mol. The van der Waals surface area contributed by atoms with Gasteiger partial charge in [0, 0.05) is 9.52 Å². The fourth-order valence-corrected chi connectivity index (χ4v) is 3.52. The molecule has 5 heteroatoms. The number of hydrogen-bond donors (Lipinski definition) is 0. The van der Waals surface area contributed by atoms with Gasteiger partial charge in [0.15, 0.2) is 0 Å². The number of halogens is 3. The molecule has 1 aromatic carbocycles. The van der Waals surface area contributed by atoms with E-state index < -0.39 is 0 Å². The molecule has 0 aliphatic heterocycles. The zero-order valence-corrected chi connectivity index (χ0v) is 18.0. The normalized spacial score (nSPS) is 12.2. The first-order valence-corrected chi connectivity index (χ1v) is 7.88. The van der Waals surface area contributed by atoms with Crippen molar-refractivity contribution >= 4 is 14.7 Å².